The van der Waals surface area contributed by atoms with E-state index in [1.807, 2.05) is 56.3 Å². The maximum absolute atomic E-state index is 12.7. The second-order valence-corrected chi connectivity index (χ2v) is 9.38. The van der Waals surface area contributed by atoms with Crippen molar-refractivity contribution < 1.29 is 14.3 Å². The summed E-state index contributed by atoms with van der Waals surface area (Å²) in [6.07, 6.45) is -0.676. The Kier molecular flexibility index (Phi) is 7.22. The second-order valence-electron chi connectivity index (χ2n) is 9.38. The zero-order chi connectivity index (χ0) is 24.2. The van der Waals surface area contributed by atoms with Crippen molar-refractivity contribution in [3.05, 3.63) is 89.0 Å². The van der Waals surface area contributed by atoms with Gasteiger partial charge in [-0.25, -0.2) is 0 Å². The van der Waals surface area contributed by atoms with E-state index in [0.717, 1.165) is 11.1 Å². The Balaban J connectivity index is 1.63. The number of anilines is 2. The van der Waals surface area contributed by atoms with Crippen molar-refractivity contribution in [2.24, 2.45) is 0 Å². The predicted octanol–water partition coefficient (Wildman–Crippen LogP) is 6.26. The Bertz CT molecular complexity index is 1140. The number of benzene rings is 3. The highest BCUT2D eigenvalue weighted by molar-refractivity contribution is 6.04. The van der Waals surface area contributed by atoms with Crippen LogP contribution in [-0.4, -0.2) is 17.9 Å². The lowest BCUT2D eigenvalue weighted by Gasteiger charge is -2.19. The molecule has 0 saturated carbocycles. The molecule has 172 valence electrons. The number of rotatable bonds is 6. The van der Waals surface area contributed by atoms with Gasteiger partial charge in [0.2, 0.25) is 0 Å². The SMILES string of the molecule is Cc1ccc(C)c(O[C@H](C)C(=O)Nc2cccc(NC(=O)c3ccc(C(C)(C)C)cc3)c2)c1. The summed E-state index contributed by atoms with van der Waals surface area (Å²) >= 11 is 0. The quantitative estimate of drug-likeness (QED) is 0.472. The summed E-state index contributed by atoms with van der Waals surface area (Å²) in [5.41, 5.74) is 4.99. The van der Waals surface area contributed by atoms with Gasteiger partial charge < -0.3 is 15.4 Å². The monoisotopic (exact) mass is 444 g/mol. The van der Waals surface area contributed by atoms with Gasteiger partial charge in [0, 0.05) is 16.9 Å². The van der Waals surface area contributed by atoms with Crippen LogP contribution in [0, 0.1) is 13.8 Å². The van der Waals surface area contributed by atoms with Crippen molar-refractivity contribution in [1.29, 1.82) is 0 Å². The van der Waals surface area contributed by atoms with Crippen LogP contribution in [0.4, 0.5) is 11.4 Å². The molecule has 2 N–H and O–H groups in total. The van der Waals surface area contributed by atoms with Crippen LogP contribution in [0.1, 0.15) is 54.7 Å². The van der Waals surface area contributed by atoms with E-state index in [4.69, 9.17) is 4.74 Å². The number of carbonyl (C=O) groups excluding carboxylic acids is 2. The number of nitrogens with one attached hydrogen (secondary N) is 2. The third kappa shape index (κ3) is 6.45. The van der Waals surface area contributed by atoms with Crippen molar-refractivity contribution >= 4 is 23.2 Å². The van der Waals surface area contributed by atoms with Gasteiger partial charge in [0.05, 0.1) is 0 Å². The fraction of sp³-hybridized carbons (Fsp3) is 0.286. The summed E-state index contributed by atoms with van der Waals surface area (Å²) in [7, 11) is 0. The topological polar surface area (TPSA) is 67.4 Å². The molecule has 3 aromatic carbocycles. The summed E-state index contributed by atoms with van der Waals surface area (Å²) in [4.78, 5) is 25.3. The van der Waals surface area contributed by atoms with Crippen LogP contribution in [0.2, 0.25) is 0 Å². The zero-order valence-electron chi connectivity index (χ0n) is 20.2. The van der Waals surface area contributed by atoms with E-state index in [-0.39, 0.29) is 17.2 Å². The molecule has 33 heavy (non-hydrogen) atoms. The number of ether oxygens (including phenoxy) is 1. The smallest absolute Gasteiger partial charge is 0.265 e. The molecule has 0 radical (unpaired) electrons. The molecule has 0 aliphatic rings. The molecular weight excluding hydrogens is 412 g/mol. The minimum absolute atomic E-state index is 0.0282. The third-order valence-corrected chi connectivity index (χ3v) is 5.42. The van der Waals surface area contributed by atoms with Crippen LogP contribution in [0.25, 0.3) is 0 Å². The van der Waals surface area contributed by atoms with E-state index in [2.05, 4.69) is 31.4 Å². The molecule has 5 heteroatoms. The maximum Gasteiger partial charge on any atom is 0.265 e. The van der Waals surface area contributed by atoms with Crippen LogP contribution < -0.4 is 15.4 Å². The summed E-state index contributed by atoms with van der Waals surface area (Å²) in [6.45, 7) is 12.0. The lowest BCUT2D eigenvalue weighted by molar-refractivity contribution is -0.122. The van der Waals surface area contributed by atoms with E-state index in [9.17, 15) is 9.59 Å². The fourth-order valence-corrected chi connectivity index (χ4v) is 3.32. The largest absolute Gasteiger partial charge is 0.481 e. The van der Waals surface area contributed by atoms with Gasteiger partial charge >= 0.3 is 0 Å². The molecule has 2 amide bonds. The molecular formula is C28H32N2O3. The van der Waals surface area contributed by atoms with E-state index in [1.165, 1.54) is 5.56 Å². The number of hydrogen-bond donors (Lipinski definition) is 2. The first kappa shape index (κ1) is 24.1. The number of amides is 2. The van der Waals surface area contributed by atoms with Crippen LogP contribution in [0.5, 0.6) is 5.75 Å². The maximum atomic E-state index is 12.7. The number of aryl methyl sites for hydroxylation is 2. The summed E-state index contributed by atoms with van der Waals surface area (Å²) < 4.78 is 5.86. The van der Waals surface area contributed by atoms with Crippen molar-refractivity contribution in [3.8, 4) is 5.75 Å². The summed E-state index contributed by atoms with van der Waals surface area (Å²) in [5.74, 6) is 0.221. The minimum Gasteiger partial charge on any atom is -0.481 e. The second kappa shape index (κ2) is 9.90. The molecule has 0 saturated heterocycles. The predicted molar refractivity (Wildman–Crippen MR) is 134 cm³/mol. The third-order valence-electron chi connectivity index (χ3n) is 5.42. The molecule has 5 nitrogen and oxygen atoms in total. The summed E-state index contributed by atoms with van der Waals surface area (Å²) in [5, 5.41) is 5.75. The Morgan fingerprint density at radius 2 is 1.48 bits per heavy atom. The van der Waals surface area contributed by atoms with Gasteiger partial charge in [0.25, 0.3) is 11.8 Å². The molecule has 0 aliphatic carbocycles. The average Bonchev–Trinajstić information content (AvgIpc) is 2.76. The average molecular weight is 445 g/mol. The Morgan fingerprint density at radius 3 is 2.12 bits per heavy atom. The molecule has 0 aliphatic heterocycles. The van der Waals surface area contributed by atoms with Gasteiger partial charge in [-0.05, 0) is 79.3 Å². The Labute approximate surface area is 196 Å². The van der Waals surface area contributed by atoms with E-state index in [0.29, 0.717) is 22.7 Å². The molecule has 0 unspecified atom stereocenters. The van der Waals surface area contributed by atoms with Crippen molar-refractivity contribution in [2.75, 3.05) is 10.6 Å². The normalized spacial score (nSPS) is 12.1. The zero-order valence-corrected chi connectivity index (χ0v) is 20.2. The standard InChI is InChI=1S/C28H32N2O3/c1-18-10-11-19(2)25(16-18)33-20(3)26(31)29-23-8-7-9-24(17-23)30-27(32)21-12-14-22(15-13-21)28(4,5)6/h7-17,20H,1-6H3,(H,29,31)(H,30,32)/t20-/m1/s1. The Hall–Kier alpha value is -3.60. The molecule has 3 rings (SSSR count). The number of hydrogen-bond acceptors (Lipinski definition) is 3. The van der Waals surface area contributed by atoms with Crippen LogP contribution >= 0.6 is 0 Å². The highest BCUT2D eigenvalue weighted by Gasteiger charge is 2.17. The fourth-order valence-electron chi connectivity index (χ4n) is 3.32. The van der Waals surface area contributed by atoms with Crippen LogP contribution in [-0.2, 0) is 10.2 Å². The minimum atomic E-state index is -0.676. The molecule has 0 fully saturated rings. The molecule has 0 bridgehead atoms. The van der Waals surface area contributed by atoms with Gasteiger partial charge in [-0.1, -0.05) is 51.1 Å². The molecule has 3 aromatic rings. The lowest BCUT2D eigenvalue weighted by atomic mass is 9.87. The van der Waals surface area contributed by atoms with E-state index in [1.54, 1.807) is 31.2 Å². The van der Waals surface area contributed by atoms with Crippen LogP contribution in [0.3, 0.4) is 0 Å². The van der Waals surface area contributed by atoms with Gasteiger partial charge in [0.15, 0.2) is 6.10 Å². The van der Waals surface area contributed by atoms with Crippen molar-refractivity contribution in [2.45, 2.75) is 53.1 Å². The van der Waals surface area contributed by atoms with Gasteiger partial charge in [0.1, 0.15) is 5.75 Å². The first-order valence-corrected chi connectivity index (χ1v) is 11.1. The van der Waals surface area contributed by atoms with Gasteiger partial charge in [-0.3, -0.25) is 9.59 Å². The number of carbonyl (C=O) groups is 2. The van der Waals surface area contributed by atoms with E-state index < -0.39 is 6.10 Å². The highest BCUT2D eigenvalue weighted by Crippen LogP contribution is 2.23. The molecule has 0 spiro atoms. The van der Waals surface area contributed by atoms with Crippen molar-refractivity contribution in [1.82, 2.24) is 0 Å². The lowest BCUT2D eigenvalue weighted by Crippen LogP contribution is -2.30. The molecule has 0 heterocycles. The first-order chi connectivity index (χ1) is 15.5. The molecule has 0 aromatic heterocycles. The van der Waals surface area contributed by atoms with Crippen molar-refractivity contribution in [3.63, 3.8) is 0 Å². The van der Waals surface area contributed by atoms with Crippen LogP contribution in [0.15, 0.2) is 66.7 Å². The summed E-state index contributed by atoms with van der Waals surface area (Å²) in [6, 6.07) is 20.6. The van der Waals surface area contributed by atoms with E-state index >= 15 is 0 Å². The first-order valence-electron chi connectivity index (χ1n) is 11.1. The Morgan fingerprint density at radius 1 is 0.848 bits per heavy atom. The van der Waals surface area contributed by atoms with Gasteiger partial charge in [-0.2, -0.15) is 0 Å². The molecule has 1 atom stereocenters. The highest BCUT2D eigenvalue weighted by atomic mass is 16.5. The van der Waals surface area contributed by atoms with Gasteiger partial charge in [-0.15, -0.1) is 0 Å².